The van der Waals surface area contributed by atoms with Gasteiger partial charge in [0.2, 0.25) is 11.8 Å². The van der Waals surface area contributed by atoms with Crippen LogP contribution in [0.15, 0.2) is 54.6 Å². The number of anilines is 1. The molecule has 0 radical (unpaired) electrons. The molecule has 0 unspecified atom stereocenters. The first-order chi connectivity index (χ1) is 12.8. The van der Waals surface area contributed by atoms with Crippen molar-refractivity contribution in [2.45, 2.75) is 24.7 Å². The monoisotopic (exact) mass is 342 g/mol. The second-order valence-corrected chi connectivity index (χ2v) is 7.70. The maximum atomic E-state index is 13.4. The van der Waals surface area contributed by atoms with Gasteiger partial charge < -0.3 is 4.98 Å². The first-order valence-electron chi connectivity index (χ1n) is 9.29. The first-order valence-corrected chi connectivity index (χ1v) is 9.29. The minimum atomic E-state index is -0.369. The third-order valence-corrected chi connectivity index (χ3v) is 6.61. The van der Waals surface area contributed by atoms with E-state index in [0.717, 1.165) is 24.1 Å². The van der Waals surface area contributed by atoms with Crippen LogP contribution >= 0.6 is 0 Å². The molecule has 2 aromatic carbocycles. The number of aromatic amines is 1. The number of hydrogen-bond acceptors (Lipinski definition) is 2. The predicted molar refractivity (Wildman–Crippen MR) is 98.9 cm³/mol. The summed E-state index contributed by atoms with van der Waals surface area (Å²) in [6, 6.07) is 17.6. The van der Waals surface area contributed by atoms with E-state index in [1.54, 1.807) is 0 Å². The molecule has 1 aliphatic heterocycles. The highest BCUT2D eigenvalue weighted by molar-refractivity contribution is 6.24. The van der Waals surface area contributed by atoms with Gasteiger partial charge in [0.15, 0.2) is 0 Å². The molecule has 0 bridgehead atoms. The van der Waals surface area contributed by atoms with Gasteiger partial charge in [-0.25, -0.2) is 4.90 Å². The molecule has 3 aromatic rings. The Morgan fingerprint density at radius 2 is 1.65 bits per heavy atom. The summed E-state index contributed by atoms with van der Waals surface area (Å²) in [6.45, 7) is 0. The van der Waals surface area contributed by atoms with Gasteiger partial charge in [0, 0.05) is 16.6 Å². The van der Waals surface area contributed by atoms with E-state index in [1.165, 1.54) is 15.8 Å². The van der Waals surface area contributed by atoms with Crippen LogP contribution in [0.3, 0.4) is 0 Å². The number of nitrogens with zero attached hydrogens (tertiary/aromatic N) is 1. The molecule has 3 aliphatic rings. The topological polar surface area (TPSA) is 53.2 Å². The number of carbonyl (C=O) groups is 2. The number of para-hydroxylation sites is 2. The van der Waals surface area contributed by atoms with Gasteiger partial charge in [0.1, 0.15) is 0 Å². The van der Waals surface area contributed by atoms with Crippen LogP contribution in [-0.2, 0) is 9.59 Å². The Labute approximate surface area is 150 Å². The summed E-state index contributed by atoms with van der Waals surface area (Å²) < 4.78 is 0. The molecule has 0 spiro atoms. The van der Waals surface area contributed by atoms with E-state index in [9.17, 15) is 9.59 Å². The number of imide groups is 1. The Bertz CT molecular complexity index is 1070. The van der Waals surface area contributed by atoms with Crippen molar-refractivity contribution in [2.75, 3.05) is 4.90 Å². The average Bonchev–Trinajstić information content (AvgIpc) is 3.11. The fraction of sp³-hybridized carbons (Fsp3) is 0.273. The molecule has 2 heterocycles. The minimum absolute atomic E-state index is 0.0230. The highest BCUT2D eigenvalue weighted by Crippen LogP contribution is 2.60. The van der Waals surface area contributed by atoms with Gasteiger partial charge in [-0.05, 0) is 48.4 Å². The smallest absolute Gasteiger partial charge is 0.243 e. The van der Waals surface area contributed by atoms with E-state index in [4.69, 9.17) is 0 Å². The van der Waals surface area contributed by atoms with E-state index < -0.39 is 0 Å². The molecule has 1 saturated heterocycles. The second-order valence-electron chi connectivity index (χ2n) is 7.70. The van der Waals surface area contributed by atoms with Crippen molar-refractivity contribution in [3.8, 4) is 0 Å². The van der Waals surface area contributed by atoms with Crippen molar-refractivity contribution in [2.24, 2.45) is 11.8 Å². The fourth-order valence-corrected chi connectivity index (χ4v) is 5.40. The number of fused-ring (bicyclic) bond motifs is 8. The number of aromatic nitrogens is 1. The quantitative estimate of drug-likeness (QED) is 0.681. The van der Waals surface area contributed by atoms with Crippen molar-refractivity contribution in [1.82, 2.24) is 4.98 Å². The molecule has 4 nitrogen and oxygen atoms in total. The van der Waals surface area contributed by atoms with Crippen molar-refractivity contribution >= 4 is 28.4 Å². The molecular weight excluding hydrogens is 324 g/mol. The van der Waals surface area contributed by atoms with Gasteiger partial charge >= 0.3 is 0 Å². The van der Waals surface area contributed by atoms with Gasteiger partial charge in [0.25, 0.3) is 0 Å². The van der Waals surface area contributed by atoms with Crippen molar-refractivity contribution in [3.05, 3.63) is 65.9 Å². The molecule has 128 valence electrons. The number of nitrogens with one attached hydrogen (secondary N) is 1. The molecule has 1 N–H and O–H groups in total. The number of rotatable bonds is 1. The summed E-state index contributed by atoms with van der Waals surface area (Å²) in [5.74, 6) is -0.00465. The zero-order chi connectivity index (χ0) is 17.4. The maximum absolute atomic E-state index is 13.4. The summed E-state index contributed by atoms with van der Waals surface area (Å²) in [6.07, 6.45) is 2.14. The van der Waals surface area contributed by atoms with Gasteiger partial charge in [0.05, 0.1) is 17.5 Å². The van der Waals surface area contributed by atoms with Crippen LogP contribution in [0.5, 0.6) is 0 Å². The van der Waals surface area contributed by atoms with Crippen molar-refractivity contribution in [1.29, 1.82) is 0 Å². The lowest BCUT2D eigenvalue weighted by atomic mass is 9.57. The molecule has 6 rings (SSSR count). The van der Waals surface area contributed by atoms with Crippen molar-refractivity contribution < 1.29 is 9.59 Å². The van der Waals surface area contributed by atoms with Gasteiger partial charge in [-0.15, -0.1) is 0 Å². The zero-order valence-electron chi connectivity index (χ0n) is 14.2. The standard InChI is InChI=1S/C22H18N2O2/c25-21-18-14-11-10-13(14)17-15-8-4-5-9-16(15)23-20(17)19(18)22(26)24(21)12-6-2-1-3-7-12/h1-9,13-14,18-19,23H,10-11H2/t13-,14+,18+,19+/m0/s1. The van der Waals surface area contributed by atoms with Crippen LogP contribution in [-0.4, -0.2) is 16.8 Å². The van der Waals surface area contributed by atoms with Gasteiger partial charge in [-0.2, -0.15) is 0 Å². The van der Waals surface area contributed by atoms with Crippen LogP contribution < -0.4 is 4.90 Å². The van der Waals surface area contributed by atoms with E-state index in [0.29, 0.717) is 11.6 Å². The first kappa shape index (κ1) is 14.3. The Morgan fingerprint density at radius 3 is 2.42 bits per heavy atom. The third kappa shape index (κ3) is 1.60. The molecule has 1 aromatic heterocycles. The van der Waals surface area contributed by atoms with Crippen molar-refractivity contribution in [3.63, 3.8) is 0 Å². The number of H-pyrrole nitrogens is 1. The lowest BCUT2D eigenvalue weighted by Gasteiger charge is -2.45. The predicted octanol–water partition coefficient (Wildman–Crippen LogP) is 3.95. The number of amides is 2. The highest BCUT2D eigenvalue weighted by Gasteiger charge is 2.60. The molecule has 2 fully saturated rings. The Hall–Kier alpha value is -2.88. The van der Waals surface area contributed by atoms with Crippen LogP contribution in [0.4, 0.5) is 5.69 Å². The van der Waals surface area contributed by atoms with E-state index in [-0.39, 0.29) is 29.6 Å². The molecule has 4 heteroatoms. The molecule has 26 heavy (non-hydrogen) atoms. The van der Waals surface area contributed by atoms with E-state index >= 15 is 0 Å². The fourth-order valence-electron chi connectivity index (χ4n) is 5.40. The lowest BCUT2D eigenvalue weighted by Crippen LogP contribution is -2.41. The van der Waals surface area contributed by atoms with Crippen LogP contribution in [0.25, 0.3) is 10.9 Å². The Morgan fingerprint density at radius 1 is 0.885 bits per heavy atom. The average molecular weight is 342 g/mol. The van der Waals surface area contributed by atoms with Crippen LogP contribution in [0, 0.1) is 11.8 Å². The van der Waals surface area contributed by atoms with Gasteiger partial charge in [-0.3, -0.25) is 9.59 Å². The molecular formula is C22H18N2O2. The second kappa shape index (κ2) is 4.85. The summed E-state index contributed by atoms with van der Waals surface area (Å²) >= 11 is 0. The molecule has 1 saturated carbocycles. The normalized spacial score (nSPS) is 29.3. The summed E-state index contributed by atoms with van der Waals surface area (Å²) in [5, 5.41) is 1.22. The zero-order valence-corrected chi connectivity index (χ0v) is 14.2. The van der Waals surface area contributed by atoms with Crippen LogP contribution in [0.1, 0.15) is 35.9 Å². The minimum Gasteiger partial charge on any atom is -0.357 e. The van der Waals surface area contributed by atoms with E-state index in [2.05, 4.69) is 17.1 Å². The SMILES string of the molecule is O=C1[C@@H]2[C@@H]3CC[C@@H]3c3c([nH]c4ccccc34)[C@@H]2C(=O)N1c1ccccc1. The number of benzene rings is 2. The highest BCUT2D eigenvalue weighted by atomic mass is 16.2. The van der Waals surface area contributed by atoms with Crippen LogP contribution in [0.2, 0.25) is 0 Å². The largest absolute Gasteiger partial charge is 0.357 e. The summed E-state index contributed by atoms with van der Waals surface area (Å²) in [5.41, 5.74) is 4.02. The maximum Gasteiger partial charge on any atom is 0.243 e. The van der Waals surface area contributed by atoms with E-state index in [1.807, 2.05) is 42.5 Å². The van der Waals surface area contributed by atoms with Gasteiger partial charge in [-0.1, -0.05) is 36.4 Å². The Kier molecular flexibility index (Phi) is 2.67. The number of hydrogen-bond donors (Lipinski definition) is 1. The number of carbonyl (C=O) groups excluding carboxylic acids is 2. The third-order valence-electron chi connectivity index (χ3n) is 6.61. The molecule has 4 atom stereocenters. The lowest BCUT2D eigenvalue weighted by molar-refractivity contribution is -0.124. The summed E-state index contributed by atoms with van der Waals surface area (Å²) in [4.78, 5) is 31.5. The summed E-state index contributed by atoms with van der Waals surface area (Å²) in [7, 11) is 0. The molecule has 2 aliphatic carbocycles. The Balaban J connectivity index is 1.57. The molecule has 2 amide bonds.